The zero-order valence-corrected chi connectivity index (χ0v) is 10.7. The summed E-state index contributed by atoms with van der Waals surface area (Å²) >= 11 is 0. The van der Waals surface area contributed by atoms with Crippen molar-refractivity contribution in [2.45, 2.75) is 18.9 Å². The molecule has 96 valence electrons. The van der Waals surface area contributed by atoms with Crippen LogP contribution >= 0.6 is 0 Å². The van der Waals surface area contributed by atoms with Crippen molar-refractivity contribution in [3.8, 4) is 0 Å². The molecule has 0 saturated carbocycles. The number of hydrogen-bond acceptors (Lipinski definition) is 5. The molecule has 0 fully saturated rings. The van der Waals surface area contributed by atoms with Gasteiger partial charge >= 0.3 is 0 Å². The SMILES string of the molecule is CN(C)c1noc(C(N)CCc2ccccc2)n1. The summed E-state index contributed by atoms with van der Waals surface area (Å²) in [5.41, 5.74) is 7.31. The van der Waals surface area contributed by atoms with Gasteiger partial charge in [0, 0.05) is 14.1 Å². The van der Waals surface area contributed by atoms with E-state index in [2.05, 4.69) is 22.3 Å². The average Bonchev–Trinajstić information content (AvgIpc) is 2.87. The van der Waals surface area contributed by atoms with Gasteiger partial charge in [0.2, 0.25) is 5.89 Å². The molecular weight excluding hydrogens is 228 g/mol. The number of aryl methyl sites for hydroxylation is 1. The Bertz CT molecular complexity index is 481. The first kappa shape index (κ1) is 12.6. The smallest absolute Gasteiger partial charge is 0.265 e. The number of rotatable bonds is 5. The van der Waals surface area contributed by atoms with E-state index in [0.717, 1.165) is 12.8 Å². The Morgan fingerprint density at radius 3 is 2.61 bits per heavy atom. The van der Waals surface area contributed by atoms with E-state index in [0.29, 0.717) is 11.8 Å². The van der Waals surface area contributed by atoms with E-state index in [1.165, 1.54) is 5.56 Å². The Morgan fingerprint density at radius 2 is 2.00 bits per heavy atom. The standard InChI is InChI=1S/C13H18N4O/c1-17(2)13-15-12(18-16-13)11(14)9-8-10-6-4-3-5-7-10/h3-7,11H,8-9,14H2,1-2H3. The highest BCUT2D eigenvalue weighted by Crippen LogP contribution is 2.17. The number of benzene rings is 1. The lowest BCUT2D eigenvalue weighted by Crippen LogP contribution is -2.13. The molecule has 2 rings (SSSR count). The molecule has 0 bridgehead atoms. The summed E-state index contributed by atoms with van der Waals surface area (Å²) in [6, 6.07) is 10.0. The quantitative estimate of drug-likeness (QED) is 0.870. The summed E-state index contributed by atoms with van der Waals surface area (Å²) < 4.78 is 5.15. The first-order valence-electron chi connectivity index (χ1n) is 5.97. The molecule has 2 aromatic rings. The van der Waals surface area contributed by atoms with E-state index >= 15 is 0 Å². The minimum Gasteiger partial charge on any atom is -0.344 e. The van der Waals surface area contributed by atoms with Gasteiger partial charge in [-0.05, 0) is 23.6 Å². The molecule has 0 aliphatic carbocycles. The highest BCUT2D eigenvalue weighted by Gasteiger charge is 2.15. The molecular formula is C13H18N4O. The predicted octanol–water partition coefficient (Wildman–Crippen LogP) is 1.77. The van der Waals surface area contributed by atoms with Gasteiger partial charge in [-0.1, -0.05) is 30.3 Å². The van der Waals surface area contributed by atoms with Crippen molar-refractivity contribution in [3.63, 3.8) is 0 Å². The lowest BCUT2D eigenvalue weighted by molar-refractivity contribution is 0.348. The van der Waals surface area contributed by atoms with Crippen LogP contribution in [0.5, 0.6) is 0 Å². The number of nitrogens with zero attached hydrogens (tertiary/aromatic N) is 3. The highest BCUT2D eigenvalue weighted by molar-refractivity contribution is 5.24. The van der Waals surface area contributed by atoms with Crippen LogP contribution < -0.4 is 10.6 Å². The van der Waals surface area contributed by atoms with Crippen molar-refractivity contribution in [1.82, 2.24) is 10.1 Å². The minimum absolute atomic E-state index is 0.216. The number of nitrogens with two attached hydrogens (primary N) is 1. The van der Waals surface area contributed by atoms with Crippen LogP contribution in [0.1, 0.15) is 23.9 Å². The molecule has 0 amide bonds. The summed E-state index contributed by atoms with van der Waals surface area (Å²) in [6.45, 7) is 0. The van der Waals surface area contributed by atoms with Gasteiger partial charge in [0.05, 0.1) is 6.04 Å². The van der Waals surface area contributed by atoms with Crippen molar-refractivity contribution in [2.24, 2.45) is 5.73 Å². The zero-order valence-electron chi connectivity index (χ0n) is 10.7. The van der Waals surface area contributed by atoms with Gasteiger partial charge in [-0.25, -0.2) is 0 Å². The summed E-state index contributed by atoms with van der Waals surface area (Å²) in [5, 5.41) is 3.85. The molecule has 0 radical (unpaired) electrons. The van der Waals surface area contributed by atoms with Crippen molar-refractivity contribution < 1.29 is 4.52 Å². The number of aromatic nitrogens is 2. The Labute approximate surface area is 107 Å². The summed E-state index contributed by atoms with van der Waals surface area (Å²) in [5.74, 6) is 1.05. The molecule has 0 spiro atoms. The third kappa shape index (κ3) is 3.07. The van der Waals surface area contributed by atoms with Crippen molar-refractivity contribution in [3.05, 3.63) is 41.8 Å². The Kier molecular flexibility index (Phi) is 3.94. The lowest BCUT2D eigenvalue weighted by Gasteiger charge is -2.06. The Morgan fingerprint density at radius 1 is 1.28 bits per heavy atom. The van der Waals surface area contributed by atoms with Crippen molar-refractivity contribution in [1.29, 1.82) is 0 Å². The monoisotopic (exact) mass is 246 g/mol. The second kappa shape index (κ2) is 5.64. The maximum Gasteiger partial charge on any atom is 0.265 e. The molecule has 5 nitrogen and oxygen atoms in total. The molecule has 1 aromatic heterocycles. The molecule has 0 aliphatic rings. The van der Waals surface area contributed by atoms with Crippen LogP contribution in [0.15, 0.2) is 34.9 Å². The number of anilines is 1. The lowest BCUT2D eigenvalue weighted by atomic mass is 10.1. The molecule has 1 atom stereocenters. The normalized spacial score (nSPS) is 12.4. The van der Waals surface area contributed by atoms with E-state index in [-0.39, 0.29) is 6.04 Å². The molecule has 18 heavy (non-hydrogen) atoms. The summed E-state index contributed by atoms with van der Waals surface area (Å²) in [7, 11) is 3.73. The highest BCUT2D eigenvalue weighted by atomic mass is 16.5. The van der Waals surface area contributed by atoms with Gasteiger partial charge in [-0.3, -0.25) is 0 Å². The fourth-order valence-electron chi connectivity index (χ4n) is 1.65. The van der Waals surface area contributed by atoms with Crippen LogP contribution in [-0.4, -0.2) is 24.2 Å². The van der Waals surface area contributed by atoms with E-state index in [1.54, 1.807) is 4.90 Å². The fraction of sp³-hybridized carbons (Fsp3) is 0.385. The molecule has 1 heterocycles. The van der Waals surface area contributed by atoms with Crippen LogP contribution in [0.3, 0.4) is 0 Å². The second-order valence-corrected chi connectivity index (χ2v) is 4.46. The Balaban J connectivity index is 1.93. The van der Waals surface area contributed by atoms with Gasteiger partial charge in [0.25, 0.3) is 5.95 Å². The van der Waals surface area contributed by atoms with E-state index in [1.807, 2.05) is 32.3 Å². The van der Waals surface area contributed by atoms with Gasteiger partial charge in [-0.15, -0.1) is 0 Å². The topological polar surface area (TPSA) is 68.2 Å². The first-order valence-corrected chi connectivity index (χ1v) is 5.97. The third-order valence-electron chi connectivity index (χ3n) is 2.74. The van der Waals surface area contributed by atoms with Gasteiger partial charge in [0.15, 0.2) is 0 Å². The minimum atomic E-state index is -0.216. The molecule has 5 heteroatoms. The van der Waals surface area contributed by atoms with E-state index in [4.69, 9.17) is 10.3 Å². The second-order valence-electron chi connectivity index (χ2n) is 4.46. The van der Waals surface area contributed by atoms with Gasteiger partial charge in [0.1, 0.15) is 0 Å². The van der Waals surface area contributed by atoms with Crippen LogP contribution in [-0.2, 0) is 6.42 Å². The van der Waals surface area contributed by atoms with Crippen LogP contribution in [0.25, 0.3) is 0 Å². The molecule has 1 aromatic carbocycles. The zero-order chi connectivity index (χ0) is 13.0. The number of hydrogen-bond donors (Lipinski definition) is 1. The van der Waals surface area contributed by atoms with Crippen LogP contribution in [0, 0.1) is 0 Å². The summed E-state index contributed by atoms with van der Waals surface area (Å²) in [4.78, 5) is 6.03. The average molecular weight is 246 g/mol. The van der Waals surface area contributed by atoms with Crippen molar-refractivity contribution in [2.75, 3.05) is 19.0 Å². The molecule has 0 aliphatic heterocycles. The predicted molar refractivity (Wildman–Crippen MR) is 70.3 cm³/mol. The Hall–Kier alpha value is -1.88. The molecule has 0 saturated heterocycles. The fourth-order valence-corrected chi connectivity index (χ4v) is 1.65. The first-order chi connectivity index (χ1) is 8.66. The maximum atomic E-state index is 6.04. The molecule has 2 N–H and O–H groups in total. The molecule has 1 unspecified atom stereocenters. The van der Waals surface area contributed by atoms with Crippen molar-refractivity contribution >= 4 is 5.95 Å². The van der Waals surface area contributed by atoms with E-state index < -0.39 is 0 Å². The van der Waals surface area contributed by atoms with E-state index in [9.17, 15) is 0 Å². The van der Waals surface area contributed by atoms with Crippen LogP contribution in [0.4, 0.5) is 5.95 Å². The summed E-state index contributed by atoms with van der Waals surface area (Å²) in [6.07, 6.45) is 1.70. The largest absolute Gasteiger partial charge is 0.344 e. The maximum absolute atomic E-state index is 6.04. The van der Waals surface area contributed by atoms with Gasteiger partial charge in [-0.2, -0.15) is 4.98 Å². The van der Waals surface area contributed by atoms with Gasteiger partial charge < -0.3 is 15.2 Å². The third-order valence-corrected chi connectivity index (χ3v) is 2.74. The van der Waals surface area contributed by atoms with Crippen LogP contribution in [0.2, 0.25) is 0 Å².